The van der Waals surface area contributed by atoms with E-state index in [2.05, 4.69) is 45.1 Å². The molecule has 0 aliphatic carbocycles. The summed E-state index contributed by atoms with van der Waals surface area (Å²) in [6.07, 6.45) is 0.985. The van der Waals surface area contributed by atoms with Gasteiger partial charge < -0.3 is 15.8 Å². The molecule has 0 bridgehead atoms. The molecule has 0 aliphatic rings. The zero-order valence-corrected chi connectivity index (χ0v) is 13.1. The van der Waals surface area contributed by atoms with Crippen LogP contribution in [0.1, 0.15) is 43.0 Å². The van der Waals surface area contributed by atoms with Gasteiger partial charge >= 0.3 is 0 Å². The average molecular weight is 264 g/mol. The van der Waals surface area contributed by atoms with Gasteiger partial charge in [0.25, 0.3) is 0 Å². The molecular formula is C16H28N2O. The molecule has 0 radical (unpaired) electrons. The van der Waals surface area contributed by atoms with Crippen molar-refractivity contribution in [3.05, 3.63) is 28.8 Å². The fourth-order valence-electron chi connectivity index (χ4n) is 2.53. The highest BCUT2D eigenvalue weighted by Gasteiger charge is 2.25. The summed E-state index contributed by atoms with van der Waals surface area (Å²) >= 11 is 0. The number of methoxy groups -OCH3 is 1. The Balaban J connectivity index is 3.17. The molecule has 1 aromatic carbocycles. The number of ether oxygens (including phenoxy) is 1. The second-order valence-electron chi connectivity index (χ2n) is 6.12. The Bertz CT molecular complexity index is 427. The smallest absolute Gasteiger partial charge is 0.126 e. The molecule has 1 unspecified atom stereocenters. The summed E-state index contributed by atoms with van der Waals surface area (Å²) in [5, 5.41) is 3.40. The standard InChI is InChI=1S/C16H28N2O/c1-11-7-12(2)15(19-6)13(8-11)14(18-5)9-16(3,4)10-17/h7-8,14,18H,9-10,17H2,1-6H3. The molecule has 3 nitrogen and oxygen atoms in total. The summed E-state index contributed by atoms with van der Waals surface area (Å²) in [6, 6.07) is 4.62. The van der Waals surface area contributed by atoms with Crippen LogP contribution >= 0.6 is 0 Å². The molecule has 1 rings (SSSR count). The van der Waals surface area contributed by atoms with Crippen molar-refractivity contribution in [2.45, 2.75) is 40.2 Å². The molecule has 3 N–H and O–H groups in total. The Hall–Kier alpha value is -1.06. The average Bonchev–Trinajstić information content (AvgIpc) is 2.35. The summed E-state index contributed by atoms with van der Waals surface area (Å²) in [5.41, 5.74) is 9.64. The lowest BCUT2D eigenvalue weighted by Gasteiger charge is -2.30. The number of nitrogens with two attached hydrogens (primary N) is 1. The van der Waals surface area contributed by atoms with Gasteiger partial charge in [0.05, 0.1) is 7.11 Å². The number of aryl methyl sites for hydroxylation is 2. The molecule has 3 heteroatoms. The lowest BCUT2D eigenvalue weighted by molar-refractivity contribution is 0.293. The highest BCUT2D eigenvalue weighted by atomic mass is 16.5. The molecule has 0 amide bonds. The van der Waals surface area contributed by atoms with Crippen LogP contribution in [0, 0.1) is 19.3 Å². The fraction of sp³-hybridized carbons (Fsp3) is 0.625. The number of nitrogens with one attached hydrogen (secondary N) is 1. The molecule has 0 heterocycles. The maximum atomic E-state index is 5.86. The second kappa shape index (κ2) is 6.40. The summed E-state index contributed by atoms with van der Waals surface area (Å²) in [5.74, 6) is 0.984. The van der Waals surface area contributed by atoms with Crippen molar-refractivity contribution in [2.75, 3.05) is 20.7 Å². The van der Waals surface area contributed by atoms with Gasteiger partial charge in [-0.15, -0.1) is 0 Å². The maximum Gasteiger partial charge on any atom is 0.126 e. The van der Waals surface area contributed by atoms with E-state index in [1.807, 2.05) is 7.05 Å². The Kier molecular flexibility index (Phi) is 5.39. The minimum absolute atomic E-state index is 0.107. The van der Waals surface area contributed by atoms with Crippen molar-refractivity contribution in [2.24, 2.45) is 11.1 Å². The van der Waals surface area contributed by atoms with Gasteiger partial charge in [-0.25, -0.2) is 0 Å². The monoisotopic (exact) mass is 264 g/mol. The maximum absolute atomic E-state index is 5.86. The molecule has 0 spiro atoms. The Labute approximate surface area is 117 Å². The predicted molar refractivity (Wildman–Crippen MR) is 81.7 cm³/mol. The first-order valence-corrected chi connectivity index (χ1v) is 6.87. The molecule has 0 aromatic heterocycles. The Morgan fingerprint density at radius 3 is 2.42 bits per heavy atom. The molecule has 0 aliphatic heterocycles. The van der Waals surface area contributed by atoms with Crippen molar-refractivity contribution in [3.8, 4) is 5.75 Å². The van der Waals surface area contributed by atoms with Crippen molar-refractivity contribution in [1.82, 2.24) is 5.32 Å². The molecule has 19 heavy (non-hydrogen) atoms. The van der Waals surface area contributed by atoms with Gasteiger partial charge in [-0.05, 0) is 44.8 Å². The van der Waals surface area contributed by atoms with Crippen LogP contribution in [0.25, 0.3) is 0 Å². The van der Waals surface area contributed by atoms with E-state index in [1.54, 1.807) is 7.11 Å². The van der Waals surface area contributed by atoms with Crippen LogP contribution in [0.5, 0.6) is 5.75 Å². The van der Waals surface area contributed by atoms with Gasteiger partial charge in [0.1, 0.15) is 5.75 Å². The van der Waals surface area contributed by atoms with Gasteiger partial charge in [0, 0.05) is 11.6 Å². The van der Waals surface area contributed by atoms with E-state index in [4.69, 9.17) is 10.5 Å². The van der Waals surface area contributed by atoms with E-state index >= 15 is 0 Å². The summed E-state index contributed by atoms with van der Waals surface area (Å²) in [7, 11) is 3.73. The van der Waals surface area contributed by atoms with Gasteiger partial charge in [-0.1, -0.05) is 31.5 Å². The first-order valence-electron chi connectivity index (χ1n) is 6.87. The zero-order chi connectivity index (χ0) is 14.6. The van der Waals surface area contributed by atoms with Crippen LogP contribution in [0.4, 0.5) is 0 Å². The van der Waals surface area contributed by atoms with Gasteiger partial charge in [0.2, 0.25) is 0 Å². The van der Waals surface area contributed by atoms with E-state index in [1.165, 1.54) is 16.7 Å². The Morgan fingerprint density at radius 1 is 1.32 bits per heavy atom. The van der Waals surface area contributed by atoms with Crippen LogP contribution in [0.2, 0.25) is 0 Å². The lowest BCUT2D eigenvalue weighted by atomic mass is 9.83. The highest BCUT2D eigenvalue weighted by Crippen LogP contribution is 2.36. The summed E-state index contributed by atoms with van der Waals surface area (Å²) < 4.78 is 5.59. The minimum Gasteiger partial charge on any atom is -0.496 e. The van der Waals surface area contributed by atoms with Crippen molar-refractivity contribution < 1.29 is 4.74 Å². The van der Waals surface area contributed by atoms with E-state index in [9.17, 15) is 0 Å². The van der Waals surface area contributed by atoms with Crippen molar-refractivity contribution in [3.63, 3.8) is 0 Å². The fourth-order valence-corrected chi connectivity index (χ4v) is 2.53. The van der Waals surface area contributed by atoms with Gasteiger partial charge in [-0.3, -0.25) is 0 Å². The third-order valence-corrected chi connectivity index (χ3v) is 3.68. The van der Waals surface area contributed by atoms with Crippen LogP contribution in [0.3, 0.4) is 0 Å². The summed E-state index contributed by atoms with van der Waals surface area (Å²) in [4.78, 5) is 0. The van der Waals surface area contributed by atoms with Crippen LogP contribution in [0.15, 0.2) is 12.1 Å². The number of benzene rings is 1. The van der Waals surface area contributed by atoms with Crippen LogP contribution in [-0.2, 0) is 0 Å². The molecule has 1 aromatic rings. The number of rotatable bonds is 6. The van der Waals surface area contributed by atoms with E-state index in [0.29, 0.717) is 6.54 Å². The first-order chi connectivity index (χ1) is 8.84. The Morgan fingerprint density at radius 2 is 1.95 bits per heavy atom. The second-order valence-corrected chi connectivity index (χ2v) is 6.12. The number of hydrogen-bond acceptors (Lipinski definition) is 3. The number of hydrogen-bond donors (Lipinski definition) is 2. The minimum atomic E-state index is 0.107. The zero-order valence-electron chi connectivity index (χ0n) is 13.1. The molecule has 0 fully saturated rings. The van der Waals surface area contributed by atoms with Gasteiger partial charge in [-0.2, -0.15) is 0 Å². The molecule has 0 saturated carbocycles. The van der Waals surface area contributed by atoms with Crippen LogP contribution < -0.4 is 15.8 Å². The third kappa shape index (κ3) is 3.95. The molecular weight excluding hydrogens is 236 g/mol. The van der Waals surface area contributed by atoms with Gasteiger partial charge in [0.15, 0.2) is 0 Å². The van der Waals surface area contributed by atoms with E-state index in [-0.39, 0.29) is 11.5 Å². The van der Waals surface area contributed by atoms with Crippen molar-refractivity contribution in [1.29, 1.82) is 0 Å². The highest BCUT2D eigenvalue weighted by molar-refractivity contribution is 5.45. The molecule has 1 atom stereocenters. The normalized spacial score (nSPS) is 13.4. The summed E-state index contributed by atoms with van der Waals surface area (Å²) in [6.45, 7) is 9.30. The van der Waals surface area contributed by atoms with E-state index < -0.39 is 0 Å². The molecule has 108 valence electrons. The quantitative estimate of drug-likeness (QED) is 0.830. The topological polar surface area (TPSA) is 47.3 Å². The lowest BCUT2D eigenvalue weighted by Crippen LogP contribution is -2.30. The van der Waals surface area contributed by atoms with E-state index in [0.717, 1.165) is 12.2 Å². The largest absolute Gasteiger partial charge is 0.496 e. The molecule has 0 saturated heterocycles. The van der Waals surface area contributed by atoms with Crippen molar-refractivity contribution >= 4 is 0 Å². The third-order valence-electron chi connectivity index (χ3n) is 3.68. The van der Waals surface area contributed by atoms with Crippen LogP contribution in [-0.4, -0.2) is 20.7 Å². The SMILES string of the molecule is CNC(CC(C)(C)CN)c1cc(C)cc(C)c1OC. The first kappa shape index (κ1) is 16.0. The predicted octanol–water partition coefficient (Wildman–Crippen LogP) is 2.95.